The van der Waals surface area contributed by atoms with Crippen LogP contribution in [0.15, 0.2) is 58.9 Å². The maximum atomic E-state index is 12.4. The molecule has 0 bridgehead atoms. The quantitative estimate of drug-likeness (QED) is 0.455. The third kappa shape index (κ3) is 4.65. The van der Waals surface area contributed by atoms with Crippen molar-refractivity contribution in [2.45, 2.75) is 30.8 Å². The number of primary amides is 1. The molecule has 0 saturated carbocycles. The summed E-state index contributed by atoms with van der Waals surface area (Å²) >= 11 is 7.74. The minimum atomic E-state index is -0.564. The van der Waals surface area contributed by atoms with E-state index in [2.05, 4.69) is 15.4 Å². The number of nitrogens with one attached hydrogen (secondary N) is 1. The summed E-state index contributed by atoms with van der Waals surface area (Å²) in [5.74, 6) is 1.78. The molecule has 3 aromatic rings. The Labute approximate surface area is 201 Å². The molecule has 8 nitrogen and oxygen atoms in total. The van der Waals surface area contributed by atoms with Gasteiger partial charge in [0.25, 0.3) is 0 Å². The first kappa shape index (κ1) is 23.0. The molecule has 4 rings (SSSR count). The zero-order valence-corrected chi connectivity index (χ0v) is 20.0. The zero-order valence-electron chi connectivity index (χ0n) is 18.5. The van der Waals surface area contributed by atoms with Gasteiger partial charge in [0.15, 0.2) is 11.5 Å². The van der Waals surface area contributed by atoms with Crippen molar-refractivity contribution in [1.29, 1.82) is 0 Å². The molecule has 0 unspecified atom stereocenters. The molecule has 0 radical (unpaired) electrons. The predicted molar refractivity (Wildman–Crippen MR) is 129 cm³/mol. The Hall–Kier alpha value is -3.17. The second kappa shape index (κ2) is 9.76. The van der Waals surface area contributed by atoms with Crippen LogP contribution in [0.5, 0.6) is 11.5 Å². The second-order valence-electron chi connectivity index (χ2n) is 7.32. The lowest BCUT2D eigenvalue weighted by atomic mass is 9.95. The fourth-order valence-electron chi connectivity index (χ4n) is 3.71. The Morgan fingerprint density at radius 1 is 1.27 bits per heavy atom. The van der Waals surface area contributed by atoms with Gasteiger partial charge < -0.3 is 20.5 Å². The number of hydrogen-bond acceptors (Lipinski definition) is 7. The number of rotatable bonds is 8. The van der Waals surface area contributed by atoms with Crippen LogP contribution in [-0.4, -0.2) is 34.4 Å². The van der Waals surface area contributed by atoms with Crippen LogP contribution in [0.25, 0.3) is 0 Å². The topological polar surface area (TPSA) is 104 Å². The van der Waals surface area contributed by atoms with Gasteiger partial charge in [-0.15, -0.1) is 5.10 Å². The Morgan fingerprint density at radius 3 is 2.76 bits per heavy atom. The molecule has 172 valence electrons. The number of benzene rings is 2. The number of carbonyl (C=O) groups is 1. The van der Waals surface area contributed by atoms with Gasteiger partial charge in [0, 0.05) is 16.5 Å². The van der Waals surface area contributed by atoms with Crippen molar-refractivity contribution in [2.75, 3.05) is 19.0 Å². The molecule has 2 aromatic carbocycles. The largest absolute Gasteiger partial charge is 0.493 e. The van der Waals surface area contributed by atoms with Crippen molar-refractivity contribution in [3.63, 3.8) is 0 Å². The number of methoxy groups -OCH3 is 1. The van der Waals surface area contributed by atoms with E-state index in [-0.39, 0.29) is 0 Å². The summed E-state index contributed by atoms with van der Waals surface area (Å²) < 4.78 is 12.8. The van der Waals surface area contributed by atoms with Gasteiger partial charge in [0.05, 0.1) is 19.3 Å². The lowest BCUT2D eigenvalue weighted by Gasteiger charge is -2.28. The van der Waals surface area contributed by atoms with Crippen LogP contribution in [-0.2, 0) is 10.5 Å². The summed E-state index contributed by atoms with van der Waals surface area (Å²) in [7, 11) is 1.57. The normalized spacial score (nSPS) is 15.1. The average molecular weight is 486 g/mol. The number of thioether (sulfide) groups is 1. The molecule has 1 aliphatic heterocycles. The van der Waals surface area contributed by atoms with Crippen molar-refractivity contribution in [2.24, 2.45) is 5.73 Å². The van der Waals surface area contributed by atoms with E-state index in [9.17, 15) is 4.79 Å². The number of allylic oxidation sites excluding steroid dienone is 1. The van der Waals surface area contributed by atoms with Gasteiger partial charge in [-0.3, -0.25) is 4.79 Å². The molecule has 0 spiro atoms. The van der Waals surface area contributed by atoms with Crippen molar-refractivity contribution in [3.05, 3.63) is 69.9 Å². The van der Waals surface area contributed by atoms with E-state index in [4.69, 9.17) is 26.8 Å². The van der Waals surface area contributed by atoms with Gasteiger partial charge >= 0.3 is 0 Å². The zero-order chi connectivity index (χ0) is 23.5. The van der Waals surface area contributed by atoms with E-state index in [1.54, 1.807) is 18.7 Å². The summed E-state index contributed by atoms with van der Waals surface area (Å²) in [4.78, 5) is 17.0. The van der Waals surface area contributed by atoms with E-state index in [0.717, 1.165) is 11.1 Å². The first-order valence-corrected chi connectivity index (χ1v) is 11.7. The second-order valence-corrected chi connectivity index (χ2v) is 8.67. The van der Waals surface area contributed by atoms with E-state index < -0.39 is 11.9 Å². The summed E-state index contributed by atoms with van der Waals surface area (Å²) in [6, 6.07) is 12.6. The fraction of sp³-hybridized carbons (Fsp3) is 0.261. The van der Waals surface area contributed by atoms with Crippen molar-refractivity contribution >= 4 is 35.2 Å². The van der Waals surface area contributed by atoms with Crippen molar-refractivity contribution in [1.82, 2.24) is 14.8 Å². The molecule has 1 amide bonds. The molecule has 10 heteroatoms. The van der Waals surface area contributed by atoms with E-state index in [1.807, 2.05) is 49.4 Å². The van der Waals surface area contributed by atoms with Crippen LogP contribution in [0.2, 0.25) is 5.02 Å². The molecular formula is C23H24ClN5O3S. The molecule has 1 aliphatic rings. The SMILES string of the molecule is CCOc1ccc([C@@H]2C(C(N)=O)=C(C)Nc3nc(SCc4ccccc4Cl)nn32)cc1OC. The maximum Gasteiger partial charge on any atom is 0.248 e. The number of nitrogens with zero attached hydrogens (tertiary/aromatic N) is 3. The number of halogens is 1. The maximum absolute atomic E-state index is 12.4. The highest BCUT2D eigenvalue weighted by Gasteiger charge is 2.34. The number of fused-ring (bicyclic) bond motifs is 1. The van der Waals surface area contributed by atoms with Crippen LogP contribution in [0.1, 0.15) is 31.0 Å². The highest BCUT2D eigenvalue weighted by molar-refractivity contribution is 7.98. The first-order chi connectivity index (χ1) is 15.9. The van der Waals surface area contributed by atoms with Gasteiger partial charge in [-0.2, -0.15) is 4.98 Å². The van der Waals surface area contributed by atoms with Gasteiger partial charge in [0.1, 0.15) is 6.04 Å². The Bertz CT molecular complexity index is 1230. The number of anilines is 1. The van der Waals surface area contributed by atoms with E-state index in [1.165, 1.54) is 11.8 Å². The highest BCUT2D eigenvalue weighted by atomic mass is 35.5. The van der Waals surface area contributed by atoms with Crippen LogP contribution < -0.4 is 20.5 Å². The molecule has 0 fully saturated rings. The van der Waals surface area contributed by atoms with Gasteiger partial charge in [-0.25, -0.2) is 4.68 Å². The summed E-state index contributed by atoms with van der Waals surface area (Å²) in [6.45, 7) is 4.21. The molecule has 0 saturated heterocycles. The minimum absolute atomic E-state index is 0.404. The minimum Gasteiger partial charge on any atom is -0.493 e. The molecule has 2 heterocycles. The lowest BCUT2D eigenvalue weighted by molar-refractivity contribution is -0.115. The monoisotopic (exact) mass is 485 g/mol. The van der Waals surface area contributed by atoms with Gasteiger partial charge in [-0.1, -0.05) is 47.6 Å². The summed E-state index contributed by atoms with van der Waals surface area (Å²) in [5.41, 5.74) is 8.57. The number of amides is 1. The summed E-state index contributed by atoms with van der Waals surface area (Å²) in [6.07, 6.45) is 0. The Morgan fingerprint density at radius 2 is 2.06 bits per heavy atom. The smallest absolute Gasteiger partial charge is 0.248 e. The number of nitrogens with two attached hydrogens (primary N) is 1. The third-order valence-electron chi connectivity index (χ3n) is 5.22. The molecule has 3 N–H and O–H groups in total. The highest BCUT2D eigenvalue weighted by Crippen LogP contribution is 2.39. The average Bonchev–Trinajstić information content (AvgIpc) is 3.20. The molecular weight excluding hydrogens is 462 g/mol. The Kier molecular flexibility index (Phi) is 6.80. The van der Waals surface area contributed by atoms with Crippen molar-refractivity contribution in [3.8, 4) is 11.5 Å². The number of aromatic nitrogens is 3. The standard InChI is InChI=1S/C23H24ClN5O3S/c1-4-32-17-10-9-14(11-18(17)31-3)20-19(21(25)30)13(2)26-22-27-23(28-29(20)22)33-12-15-7-5-6-8-16(15)24/h5-11,20H,4,12H2,1-3H3,(H2,25,30)(H,26,27,28)/t20-/m1/s1. The molecule has 0 aliphatic carbocycles. The molecule has 1 atom stereocenters. The number of hydrogen-bond donors (Lipinski definition) is 2. The Balaban J connectivity index is 1.72. The first-order valence-electron chi connectivity index (χ1n) is 10.3. The van der Waals surface area contributed by atoms with Crippen LogP contribution in [0.4, 0.5) is 5.95 Å². The van der Waals surface area contributed by atoms with Gasteiger partial charge in [-0.05, 0) is 43.2 Å². The van der Waals surface area contributed by atoms with Crippen LogP contribution in [0, 0.1) is 0 Å². The lowest BCUT2D eigenvalue weighted by Crippen LogP contribution is -2.31. The number of ether oxygens (including phenoxy) is 2. The van der Waals surface area contributed by atoms with Gasteiger partial charge in [0.2, 0.25) is 17.0 Å². The van der Waals surface area contributed by atoms with Crippen LogP contribution in [0.3, 0.4) is 0 Å². The predicted octanol–water partition coefficient (Wildman–Crippen LogP) is 4.41. The molecule has 1 aromatic heterocycles. The van der Waals surface area contributed by atoms with E-state index >= 15 is 0 Å². The van der Waals surface area contributed by atoms with E-state index in [0.29, 0.717) is 51.3 Å². The van der Waals surface area contributed by atoms with Crippen molar-refractivity contribution < 1.29 is 14.3 Å². The van der Waals surface area contributed by atoms with Crippen LogP contribution >= 0.6 is 23.4 Å². The summed E-state index contributed by atoms with van der Waals surface area (Å²) in [5, 5.41) is 9.09. The fourth-order valence-corrected chi connectivity index (χ4v) is 4.82. The molecule has 33 heavy (non-hydrogen) atoms. The number of carbonyl (C=O) groups excluding carboxylic acids is 1. The third-order valence-corrected chi connectivity index (χ3v) is 6.47.